The van der Waals surface area contributed by atoms with E-state index in [2.05, 4.69) is 283 Å². The van der Waals surface area contributed by atoms with Crippen LogP contribution in [0.3, 0.4) is 0 Å². The van der Waals surface area contributed by atoms with Gasteiger partial charge in [-0.15, -0.1) is 0 Å². The third-order valence-corrected chi connectivity index (χ3v) is 22.2. The predicted molar refractivity (Wildman–Crippen MR) is 503 cm³/mol. The monoisotopic (exact) mass is 1540 g/mol. The molecule has 0 fully saturated rings. The molecule has 0 spiro atoms. The topological polar surface area (TPSA) is 52.6 Å². The first kappa shape index (κ1) is 68.0. The molecule has 0 unspecified atom stereocenters. The van der Waals surface area contributed by atoms with Crippen LogP contribution in [0.1, 0.15) is 127 Å². The summed E-state index contributed by atoms with van der Waals surface area (Å²) in [5.74, 6) is 0. The Balaban J connectivity index is 0.000000119. The van der Waals surface area contributed by atoms with E-state index >= 15 is 0 Å². The Hall–Kier alpha value is -13.3. The molecule has 0 bridgehead atoms. The summed E-state index contributed by atoms with van der Waals surface area (Å²) in [7, 11) is 0. The molecular formula is C114H100O4. The second-order valence-electron chi connectivity index (χ2n) is 34.8. The zero-order chi connectivity index (χ0) is 88.7. The molecule has 4 nitrogen and oxygen atoms in total. The highest BCUT2D eigenvalue weighted by atomic mass is 16.3. The molecule has 4 heterocycles. The van der Waals surface area contributed by atoms with Crippen LogP contribution in [0.4, 0.5) is 0 Å². The van der Waals surface area contributed by atoms with Gasteiger partial charge in [0.15, 0.2) is 0 Å². The van der Waals surface area contributed by atoms with Gasteiger partial charge in [-0.25, -0.2) is 0 Å². The molecule has 0 aliphatic carbocycles. The van der Waals surface area contributed by atoms with Crippen molar-refractivity contribution in [3.63, 3.8) is 0 Å². The van der Waals surface area contributed by atoms with Crippen molar-refractivity contribution in [3.05, 3.63) is 385 Å². The summed E-state index contributed by atoms with van der Waals surface area (Å²) in [6.07, 6.45) is 0. The lowest BCUT2D eigenvalue weighted by atomic mass is 9.76. The van der Waals surface area contributed by atoms with E-state index in [0.29, 0.717) is 22.3 Å². The fraction of sp³-hybridized carbons (Fsp3) is 0.158. The highest BCUT2D eigenvalue weighted by Gasteiger charge is 2.31. The van der Waals surface area contributed by atoms with Crippen LogP contribution in [-0.2, 0) is 21.7 Å². The summed E-state index contributed by atoms with van der Waals surface area (Å²) in [5.41, 5.74) is 28.2. The number of furan rings is 4. The smallest absolute Gasteiger partial charge is 0.143 e. The normalized spacial score (nSPS) is 12.9. The molecule has 20 rings (SSSR count). The molecule has 0 N–H and O–H groups in total. The van der Waals surface area contributed by atoms with Crippen LogP contribution >= 0.6 is 0 Å². The molecule has 580 valence electrons. The molecule has 0 saturated carbocycles. The van der Waals surface area contributed by atoms with Crippen LogP contribution in [0, 0.1) is 13.8 Å². The first-order chi connectivity index (χ1) is 60.3. The Morgan fingerprint density at radius 2 is 0.449 bits per heavy atom. The largest absolute Gasteiger partial charge is 0.456 e. The third-order valence-electron chi connectivity index (χ3n) is 22.2. The summed E-state index contributed by atoms with van der Waals surface area (Å²) in [5, 5.41) is 8.89. The summed E-state index contributed by atoms with van der Waals surface area (Å²) in [4.78, 5) is 0. The Labute approximate surface area is 705 Å². The highest BCUT2D eigenvalue weighted by molar-refractivity contribution is 6.15. The van der Waals surface area contributed by atoms with Crippen LogP contribution < -0.4 is 0 Å². The van der Waals surface area contributed by atoms with E-state index in [9.17, 15) is 0 Å². The number of hydrogen-bond donors (Lipinski definition) is 0. The van der Waals surface area contributed by atoms with E-state index in [0.717, 1.165) is 116 Å². The molecule has 0 atom stereocenters. The second kappa shape index (κ2) is 31.4. The van der Waals surface area contributed by atoms with Crippen LogP contribution in [0.15, 0.2) is 369 Å². The van der Waals surface area contributed by atoms with Gasteiger partial charge in [-0.1, -0.05) is 409 Å². The number of para-hydroxylation sites is 6. The van der Waals surface area contributed by atoms with Crippen LogP contribution in [-0.4, -0.2) is 0 Å². The van der Waals surface area contributed by atoms with Gasteiger partial charge >= 0.3 is 0 Å². The van der Waals surface area contributed by atoms with Gasteiger partial charge in [-0.2, -0.15) is 0 Å². The minimum atomic E-state index is -0.325. The van der Waals surface area contributed by atoms with Crippen LogP contribution in [0.2, 0.25) is 0 Å². The van der Waals surface area contributed by atoms with Crippen LogP contribution in [0.25, 0.3) is 177 Å². The van der Waals surface area contributed by atoms with E-state index in [4.69, 9.17) is 28.6 Å². The lowest BCUT2D eigenvalue weighted by Crippen LogP contribution is -2.14. The summed E-state index contributed by atoms with van der Waals surface area (Å²) >= 11 is 0. The minimum Gasteiger partial charge on any atom is -0.456 e. The van der Waals surface area contributed by atoms with E-state index in [1.165, 1.54) is 71.6 Å². The Morgan fingerprint density at radius 3 is 0.797 bits per heavy atom. The Kier molecular flexibility index (Phi) is 18.1. The van der Waals surface area contributed by atoms with Crippen molar-refractivity contribution in [1.82, 2.24) is 0 Å². The molecule has 4 heteroatoms. The number of benzene rings is 16. The van der Waals surface area contributed by atoms with Crippen molar-refractivity contribution in [2.24, 2.45) is 0 Å². The quantitative estimate of drug-likeness (QED) is 0.152. The fourth-order valence-electron chi connectivity index (χ4n) is 17.5. The maximum atomic E-state index is 8.76. The lowest BCUT2D eigenvalue weighted by Gasteiger charge is -2.27. The SMILES string of the molecule is CC(C)(C)c1c(-c2ccccc2)cccc1-c1cccc2c1oc1ccccc12.CC(C)(C)c1c(-c2ccccc2)cccc1-c1cccc2oc3ccccc3c12.[2H]c1c([2H])c(C)c([2H])c(-c2cccc(-c3cccc4c3oc3ccccc34)c2C(C)(C)C)c1[2H].[2H]c1c([2H])c(C)c([2H])c(-c2cccc(-c3cccc4oc5ccccc5c34)c2C(C)(C)C)c1[2H]. The van der Waals surface area contributed by atoms with Gasteiger partial charge in [-0.05, 0) is 172 Å². The molecule has 20 aromatic rings. The zero-order valence-electron chi connectivity index (χ0n) is 77.5. The van der Waals surface area contributed by atoms with Crippen molar-refractivity contribution in [3.8, 4) is 89.0 Å². The van der Waals surface area contributed by atoms with Crippen molar-refractivity contribution in [1.29, 1.82) is 0 Å². The Bertz CT molecular complexity index is 7550. The molecule has 4 aromatic heterocycles. The van der Waals surface area contributed by atoms with Crippen molar-refractivity contribution in [2.45, 2.75) is 119 Å². The van der Waals surface area contributed by atoms with Gasteiger partial charge in [-0.3, -0.25) is 0 Å². The van der Waals surface area contributed by atoms with E-state index in [-0.39, 0.29) is 70.0 Å². The van der Waals surface area contributed by atoms with Crippen LogP contribution in [0.5, 0.6) is 0 Å². The molecular weight excluding hydrogens is 1430 g/mol. The van der Waals surface area contributed by atoms with Crippen molar-refractivity contribution >= 4 is 87.8 Å². The molecule has 0 saturated heterocycles. The standard InChI is InChI=1S/2C29H26O.2C28H24O/c1-19-10-7-11-20(18-19)21-13-8-15-23(28(21)29(2,3)4)22-14-9-17-26-27(22)24-12-5-6-16-25(24)30-26;1-19-10-7-11-20(18-19)21-13-8-14-23(27(21)29(2,3)4)25-16-9-15-24-22-12-5-6-17-26(22)30-28(24)25;1-28(2,3)27-20(19-11-5-4-6-12-19)14-9-16-22(27)21-15-10-18-25-26(21)23-13-7-8-17-24(23)29-25;1-28(2,3)26-20(19-11-5-4-6-12-19)14-9-15-22(26)24-17-10-16-23-21-13-7-8-18-25(21)29-27(23)24/h2*5-18H,1-4H3;2*4-18H,1-3H3/i2*7D,10D,11D,18D;;. The predicted octanol–water partition coefficient (Wildman–Crippen LogP) is 33.5. The average molecular weight is 1540 g/mol. The first-order valence-electron chi connectivity index (χ1n) is 44.7. The third kappa shape index (κ3) is 14.9. The zero-order valence-corrected chi connectivity index (χ0v) is 69.5. The van der Waals surface area contributed by atoms with Gasteiger partial charge in [0.05, 0.1) is 11.0 Å². The van der Waals surface area contributed by atoms with Gasteiger partial charge in [0.25, 0.3) is 0 Å². The van der Waals surface area contributed by atoms with Gasteiger partial charge in [0.2, 0.25) is 0 Å². The number of hydrogen-bond acceptors (Lipinski definition) is 4. The second-order valence-corrected chi connectivity index (χ2v) is 34.8. The molecule has 0 amide bonds. The number of fused-ring (bicyclic) bond motifs is 12. The van der Waals surface area contributed by atoms with Gasteiger partial charge in [0.1, 0.15) is 44.7 Å². The van der Waals surface area contributed by atoms with Crippen molar-refractivity contribution in [2.75, 3.05) is 0 Å². The van der Waals surface area contributed by atoms with Gasteiger partial charge < -0.3 is 17.7 Å². The summed E-state index contributed by atoms with van der Waals surface area (Å²) in [6, 6.07) is 104. The van der Waals surface area contributed by atoms with E-state index in [1.807, 2.05) is 103 Å². The summed E-state index contributed by atoms with van der Waals surface area (Å²) in [6.45, 7) is 29.9. The molecule has 0 aliphatic rings. The highest BCUT2D eigenvalue weighted by Crippen LogP contribution is 2.50. The van der Waals surface area contributed by atoms with Crippen molar-refractivity contribution < 1.29 is 28.6 Å². The Morgan fingerprint density at radius 1 is 0.203 bits per heavy atom. The molecule has 16 aromatic carbocycles. The van der Waals surface area contributed by atoms with Gasteiger partial charge in [0, 0.05) is 54.2 Å². The van der Waals surface area contributed by atoms with E-state index in [1.54, 1.807) is 13.8 Å². The fourth-order valence-corrected chi connectivity index (χ4v) is 17.5. The average Bonchev–Trinajstić information content (AvgIpc) is 1.30. The maximum absolute atomic E-state index is 8.76. The minimum absolute atomic E-state index is 0.0104. The number of rotatable bonds is 8. The lowest BCUT2D eigenvalue weighted by molar-refractivity contribution is 0.593. The van der Waals surface area contributed by atoms with E-state index < -0.39 is 0 Å². The molecule has 118 heavy (non-hydrogen) atoms. The maximum Gasteiger partial charge on any atom is 0.143 e. The summed E-state index contributed by atoms with van der Waals surface area (Å²) < 4.78 is 92.7. The molecule has 0 radical (unpaired) electrons. The first-order valence-corrected chi connectivity index (χ1v) is 40.7. The molecule has 0 aliphatic heterocycles.